The third kappa shape index (κ3) is 8.84. The maximum absolute atomic E-state index is 13.4. The van der Waals surface area contributed by atoms with E-state index in [1.54, 1.807) is 42.5 Å². The lowest BCUT2D eigenvalue weighted by Gasteiger charge is -2.13. The summed E-state index contributed by atoms with van der Waals surface area (Å²) in [4.78, 5) is 39.7. The molecule has 0 radical (unpaired) electrons. The van der Waals surface area contributed by atoms with Crippen molar-refractivity contribution in [1.29, 1.82) is 0 Å². The molecule has 0 aliphatic rings. The van der Waals surface area contributed by atoms with Crippen LogP contribution in [-0.4, -0.2) is 30.1 Å². The van der Waals surface area contributed by atoms with Gasteiger partial charge in [0, 0.05) is 27.4 Å². The van der Waals surface area contributed by atoms with Crippen LogP contribution in [0.15, 0.2) is 108 Å². The molecular weight excluding hydrogens is 546 g/mol. The van der Waals surface area contributed by atoms with Crippen LogP contribution in [0.1, 0.15) is 34.0 Å². The quantitative estimate of drug-likeness (QED) is 0.134. The normalized spacial score (nSPS) is 11.0. The van der Waals surface area contributed by atoms with E-state index >= 15 is 0 Å². The molecule has 8 heteroatoms. The number of rotatable bonds is 11. The fraction of sp³-hybridized carbons (Fsp3) is 0.147. The number of hydrogen-bond acceptors (Lipinski definition) is 5. The molecule has 0 aromatic heterocycles. The monoisotopic (exact) mass is 579 g/mol. The van der Waals surface area contributed by atoms with Crippen molar-refractivity contribution in [3.8, 4) is 5.75 Å². The largest absolute Gasteiger partial charge is 0.493 e. The maximum Gasteiger partial charge on any atom is 0.272 e. The number of thioether (sulfide) groups is 1. The molecule has 3 amide bonds. The van der Waals surface area contributed by atoms with E-state index in [0.717, 1.165) is 21.7 Å². The number of carbonyl (C=O) groups is 3. The summed E-state index contributed by atoms with van der Waals surface area (Å²) < 4.78 is 5.70. The Morgan fingerprint density at radius 3 is 2.14 bits per heavy atom. The minimum absolute atomic E-state index is 0.0671. The van der Waals surface area contributed by atoms with Crippen LogP contribution in [0.5, 0.6) is 5.75 Å². The summed E-state index contributed by atoms with van der Waals surface area (Å²) in [5.74, 6) is -0.146. The predicted molar refractivity (Wildman–Crippen MR) is 170 cm³/mol. The van der Waals surface area contributed by atoms with Gasteiger partial charge in [-0.3, -0.25) is 14.4 Å². The van der Waals surface area contributed by atoms with Gasteiger partial charge in [0.25, 0.3) is 11.8 Å². The number of aryl methyl sites for hydroxylation is 2. The number of benzene rings is 4. The van der Waals surface area contributed by atoms with Crippen molar-refractivity contribution in [3.05, 3.63) is 125 Å². The average molecular weight is 580 g/mol. The van der Waals surface area contributed by atoms with Gasteiger partial charge in [0.15, 0.2) is 0 Å². The summed E-state index contributed by atoms with van der Waals surface area (Å²) in [5, 5.41) is 8.54. The van der Waals surface area contributed by atoms with E-state index < -0.39 is 11.8 Å². The van der Waals surface area contributed by atoms with Gasteiger partial charge in [0.2, 0.25) is 5.91 Å². The summed E-state index contributed by atoms with van der Waals surface area (Å²) in [6.07, 6.45) is 1.60. The first-order valence-electron chi connectivity index (χ1n) is 13.5. The van der Waals surface area contributed by atoms with E-state index in [1.807, 2.05) is 75.4 Å². The van der Waals surface area contributed by atoms with Gasteiger partial charge in [0.05, 0.1) is 12.4 Å². The fourth-order valence-corrected chi connectivity index (χ4v) is 4.91. The van der Waals surface area contributed by atoms with Gasteiger partial charge in [-0.1, -0.05) is 42.5 Å². The second-order valence-electron chi connectivity index (χ2n) is 9.54. The lowest BCUT2D eigenvalue weighted by atomic mass is 10.1. The number of hydrogen-bond donors (Lipinski definition) is 3. The summed E-state index contributed by atoms with van der Waals surface area (Å²) in [5.41, 5.74) is 4.65. The van der Waals surface area contributed by atoms with E-state index in [-0.39, 0.29) is 17.4 Å². The topological polar surface area (TPSA) is 96.5 Å². The Balaban J connectivity index is 1.44. The third-order valence-electron chi connectivity index (χ3n) is 6.04. The number of para-hydroxylation sites is 1. The lowest BCUT2D eigenvalue weighted by molar-refractivity contribution is -0.114. The molecule has 4 aromatic rings. The van der Waals surface area contributed by atoms with Crippen LogP contribution in [0, 0.1) is 13.8 Å². The Hall–Kier alpha value is -4.82. The molecule has 0 heterocycles. The van der Waals surface area contributed by atoms with Gasteiger partial charge in [-0.2, -0.15) is 0 Å². The molecule has 0 saturated carbocycles. The minimum Gasteiger partial charge on any atom is -0.493 e. The maximum atomic E-state index is 13.4. The molecule has 0 unspecified atom stereocenters. The van der Waals surface area contributed by atoms with Crippen LogP contribution >= 0.6 is 11.8 Å². The van der Waals surface area contributed by atoms with Gasteiger partial charge in [-0.25, -0.2) is 0 Å². The smallest absolute Gasteiger partial charge is 0.272 e. The summed E-state index contributed by atoms with van der Waals surface area (Å²) in [7, 11) is 0. The number of ether oxygens (including phenoxy) is 1. The second-order valence-corrected chi connectivity index (χ2v) is 10.6. The van der Waals surface area contributed by atoms with E-state index in [0.29, 0.717) is 29.2 Å². The molecule has 3 N–H and O–H groups in total. The molecule has 0 spiro atoms. The Morgan fingerprint density at radius 2 is 1.45 bits per heavy atom. The molecule has 4 rings (SSSR count). The third-order valence-corrected chi connectivity index (χ3v) is 7.05. The van der Waals surface area contributed by atoms with Gasteiger partial charge < -0.3 is 20.7 Å². The van der Waals surface area contributed by atoms with Crippen molar-refractivity contribution in [3.63, 3.8) is 0 Å². The number of nitrogens with one attached hydrogen (secondary N) is 3. The Bertz CT molecular complexity index is 1560. The van der Waals surface area contributed by atoms with E-state index in [9.17, 15) is 14.4 Å². The molecule has 0 aliphatic carbocycles. The minimum atomic E-state index is -0.487. The van der Waals surface area contributed by atoms with E-state index in [4.69, 9.17) is 4.74 Å². The fourth-order valence-electron chi connectivity index (χ4n) is 4.21. The first kappa shape index (κ1) is 30.1. The predicted octanol–water partition coefficient (Wildman–Crippen LogP) is 6.84. The Kier molecular flexibility index (Phi) is 10.6. The first-order chi connectivity index (χ1) is 20.3. The molecule has 7 nitrogen and oxygen atoms in total. The number of carbonyl (C=O) groups excluding carboxylic acids is 3. The van der Waals surface area contributed by atoms with Gasteiger partial charge in [-0.15, -0.1) is 11.8 Å². The van der Waals surface area contributed by atoms with Crippen LogP contribution in [0.4, 0.5) is 11.4 Å². The zero-order chi connectivity index (χ0) is 29.9. The molecule has 0 atom stereocenters. The highest BCUT2D eigenvalue weighted by atomic mass is 32.2. The number of amides is 3. The Morgan fingerprint density at radius 1 is 0.786 bits per heavy atom. The summed E-state index contributed by atoms with van der Waals surface area (Å²) in [6.45, 7) is 6.33. The molecule has 214 valence electrons. The molecule has 42 heavy (non-hydrogen) atoms. The highest BCUT2D eigenvalue weighted by molar-refractivity contribution is 8.00. The Labute approximate surface area is 250 Å². The zero-order valence-corrected chi connectivity index (χ0v) is 24.6. The highest BCUT2D eigenvalue weighted by Gasteiger charge is 2.16. The first-order valence-corrected chi connectivity index (χ1v) is 14.5. The van der Waals surface area contributed by atoms with Crippen molar-refractivity contribution >= 4 is 46.9 Å². The molecular formula is C34H33N3O4S. The van der Waals surface area contributed by atoms with Crippen molar-refractivity contribution < 1.29 is 19.1 Å². The standard InChI is InChI=1S/C34H33N3O4S/c1-4-41-31-13-9-8-12-26(31)21-30(37-33(39)25-10-6-5-7-11-25)34(40)36-27-14-16-29(17-15-27)42-22-32(38)35-28-19-23(2)18-24(3)20-28/h5-21H,4,22H2,1-3H3,(H,35,38)(H,36,40)(H,37,39)/b30-21-. The summed E-state index contributed by atoms with van der Waals surface area (Å²) in [6, 6.07) is 29.1. The lowest BCUT2D eigenvalue weighted by Crippen LogP contribution is -2.30. The zero-order valence-electron chi connectivity index (χ0n) is 23.8. The second kappa shape index (κ2) is 14.7. The molecule has 0 aliphatic heterocycles. The highest BCUT2D eigenvalue weighted by Crippen LogP contribution is 2.23. The molecule has 0 fully saturated rings. The van der Waals surface area contributed by atoms with Gasteiger partial charge in [-0.05, 0) is 92.6 Å². The number of anilines is 2. The van der Waals surface area contributed by atoms with Gasteiger partial charge in [0.1, 0.15) is 11.4 Å². The molecule has 0 saturated heterocycles. The van der Waals surface area contributed by atoms with Crippen molar-refractivity contribution in [2.75, 3.05) is 23.0 Å². The van der Waals surface area contributed by atoms with Crippen molar-refractivity contribution in [1.82, 2.24) is 5.32 Å². The summed E-state index contributed by atoms with van der Waals surface area (Å²) >= 11 is 1.40. The molecule has 4 aromatic carbocycles. The molecule has 0 bridgehead atoms. The van der Waals surface area contributed by atoms with Crippen LogP contribution in [-0.2, 0) is 9.59 Å². The van der Waals surface area contributed by atoms with Crippen LogP contribution < -0.4 is 20.7 Å². The van der Waals surface area contributed by atoms with Gasteiger partial charge >= 0.3 is 0 Å². The van der Waals surface area contributed by atoms with Crippen molar-refractivity contribution in [2.24, 2.45) is 0 Å². The van der Waals surface area contributed by atoms with Crippen LogP contribution in [0.3, 0.4) is 0 Å². The average Bonchev–Trinajstić information content (AvgIpc) is 2.97. The van der Waals surface area contributed by atoms with Crippen molar-refractivity contribution in [2.45, 2.75) is 25.7 Å². The van der Waals surface area contributed by atoms with E-state index in [2.05, 4.69) is 22.0 Å². The van der Waals surface area contributed by atoms with E-state index in [1.165, 1.54) is 11.8 Å². The SMILES string of the molecule is CCOc1ccccc1/C=C(\NC(=O)c1ccccc1)C(=O)Nc1ccc(SCC(=O)Nc2cc(C)cc(C)c2)cc1. The van der Waals surface area contributed by atoms with Crippen LogP contribution in [0.2, 0.25) is 0 Å². The van der Waals surface area contributed by atoms with Crippen LogP contribution in [0.25, 0.3) is 6.08 Å².